The molecule has 1 aliphatic heterocycles. The Balaban J connectivity index is 1.48. The highest BCUT2D eigenvalue weighted by molar-refractivity contribution is 5.69. The van der Waals surface area contributed by atoms with E-state index in [-0.39, 0.29) is 23.7 Å². The lowest BCUT2D eigenvalue weighted by molar-refractivity contribution is -0.144. The number of methoxy groups -OCH3 is 1. The van der Waals surface area contributed by atoms with E-state index in [4.69, 9.17) is 9.47 Å². The van der Waals surface area contributed by atoms with Gasteiger partial charge in [-0.15, -0.1) is 0 Å². The minimum Gasteiger partial charge on any atom is -0.466 e. The van der Waals surface area contributed by atoms with Gasteiger partial charge in [-0.1, -0.05) is 6.07 Å². The second kappa shape index (κ2) is 9.94. The van der Waals surface area contributed by atoms with Crippen LogP contribution in [0, 0.1) is 23.5 Å². The summed E-state index contributed by atoms with van der Waals surface area (Å²) in [6, 6.07) is 8.22. The lowest BCUT2D eigenvalue weighted by Gasteiger charge is -2.33. The van der Waals surface area contributed by atoms with Crippen molar-refractivity contribution in [3.63, 3.8) is 0 Å². The summed E-state index contributed by atoms with van der Waals surface area (Å²) in [5.41, 5.74) is 1.73. The fraction of sp³-hybridized carbons (Fsp3) is 0.520. The Morgan fingerprint density at radius 1 is 1.16 bits per heavy atom. The molecule has 2 aromatic rings. The third-order valence-corrected chi connectivity index (χ3v) is 6.37. The van der Waals surface area contributed by atoms with Gasteiger partial charge in [0, 0.05) is 32.2 Å². The number of esters is 1. The number of ether oxygens (including phenoxy) is 2. The van der Waals surface area contributed by atoms with E-state index in [0.29, 0.717) is 56.1 Å². The Bertz CT molecular complexity index is 933. The van der Waals surface area contributed by atoms with Crippen LogP contribution in [0.25, 0.3) is 11.3 Å². The number of piperidine rings is 1. The highest BCUT2D eigenvalue weighted by Gasteiger charge is 2.33. The number of nitrogens with zero attached hydrogens (tertiary/aromatic N) is 2. The maximum atomic E-state index is 15.0. The molecule has 0 bridgehead atoms. The topological polar surface area (TPSA) is 51.7 Å². The summed E-state index contributed by atoms with van der Waals surface area (Å²) in [7, 11) is 1.67. The number of rotatable bonds is 8. The molecule has 1 aromatic heterocycles. The van der Waals surface area contributed by atoms with Crippen molar-refractivity contribution >= 4 is 11.7 Å². The summed E-state index contributed by atoms with van der Waals surface area (Å²) >= 11 is 0. The molecule has 5 nitrogen and oxygen atoms in total. The number of carbonyl (C=O) groups excluding carboxylic acids is 1. The molecule has 1 aliphatic carbocycles. The van der Waals surface area contributed by atoms with E-state index in [2.05, 4.69) is 4.98 Å². The molecule has 1 aromatic carbocycles. The molecular weight excluding hydrogens is 414 g/mol. The summed E-state index contributed by atoms with van der Waals surface area (Å²) in [4.78, 5) is 18.1. The van der Waals surface area contributed by atoms with Gasteiger partial charge in [0.1, 0.15) is 23.4 Å². The van der Waals surface area contributed by atoms with Crippen LogP contribution in [0.2, 0.25) is 0 Å². The van der Waals surface area contributed by atoms with Crippen molar-refractivity contribution in [2.24, 2.45) is 11.8 Å². The predicted molar refractivity (Wildman–Crippen MR) is 118 cm³/mol. The Morgan fingerprint density at radius 2 is 1.84 bits per heavy atom. The molecule has 7 heteroatoms. The average Bonchev–Trinajstić information content (AvgIpc) is 3.60. The predicted octanol–water partition coefficient (Wildman–Crippen LogP) is 5.29. The standard InChI is InChI=1S/C25H30F2N2O3/c1-3-32-23(30)13-16-9-11-29(12-10-16)24-19(26)14-18(15-20(24)27)21-5-4-6-22(28-21)25(31-2)17-7-8-17/h4-6,14-17,25H,3,7-13H2,1-2H3. The molecule has 0 radical (unpaired) electrons. The summed E-state index contributed by atoms with van der Waals surface area (Å²) in [6.45, 7) is 3.15. The molecule has 1 saturated heterocycles. The maximum Gasteiger partial charge on any atom is 0.306 e. The van der Waals surface area contributed by atoms with Crippen LogP contribution in [-0.4, -0.2) is 37.8 Å². The summed E-state index contributed by atoms with van der Waals surface area (Å²) in [6.07, 6.45) is 3.89. The van der Waals surface area contributed by atoms with Gasteiger partial charge < -0.3 is 14.4 Å². The van der Waals surface area contributed by atoms with Gasteiger partial charge in [0.25, 0.3) is 0 Å². The number of hydrogen-bond acceptors (Lipinski definition) is 5. The van der Waals surface area contributed by atoms with Gasteiger partial charge in [-0.05, 0) is 68.7 Å². The van der Waals surface area contributed by atoms with Crippen LogP contribution in [0.3, 0.4) is 0 Å². The van der Waals surface area contributed by atoms with Crippen molar-refractivity contribution in [2.45, 2.75) is 45.1 Å². The summed E-state index contributed by atoms with van der Waals surface area (Å²) in [5, 5.41) is 0. The highest BCUT2D eigenvalue weighted by atomic mass is 19.1. The second-order valence-electron chi connectivity index (χ2n) is 8.67. The molecule has 1 saturated carbocycles. The van der Waals surface area contributed by atoms with E-state index in [0.717, 1.165) is 18.5 Å². The second-order valence-corrected chi connectivity index (χ2v) is 8.67. The van der Waals surface area contributed by atoms with Gasteiger partial charge >= 0.3 is 5.97 Å². The van der Waals surface area contributed by atoms with Gasteiger partial charge in [-0.25, -0.2) is 8.78 Å². The Hall–Kier alpha value is -2.54. The van der Waals surface area contributed by atoms with E-state index >= 15 is 8.78 Å². The largest absolute Gasteiger partial charge is 0.466 e. The molecule has 2 aliphatic rings. The van der Waals surface area contributed by atoms with E-state index in [1.54, 1.807) is 25.0 Å². The van der Waals surface area contributed by atoms with Crippen molar-refractivity contribution in [2.75, 3.05) is 31.7 Å². The average molecular weight is 445 g/mol. The number of hydrogen-bond donors (Lipinski definition) is 0. The fourth-order valence-electron chi connectivity index (χ4n) is 4.56. The van der Waals surface area contributed by atoms with Crippen molar-refractivity contribution in [1.82, 2.24) is 4.98 Å². The minimum atomic E-state index is -0.596. The smallest absolute Gasteiger partial charge is 0.306 e. The maximum absolute atomic E-state index is 15.0. The monoisotopic (exact) mass is 444 g/mol. The van der Waals surface area contributed by atoms with Crippen LogP contribution >= 0.6 is 0 Å². The van der Waals surface area contributed by atoms with Crippen LogP contribution < -0.4 is 4.90 Å². The van der Waals surface area contributed by atoms with Crippen LogP contribution in [-0.2, 0) is 14.3 Å². The Morgan fingerprint density at radius 3 is 2.44 bits per heavy atom. The highest BCUT2D eigenvalue weighted by Crippen LogP contribution is 2.42. The third-order valence-electron chi connectivity index (χ3n) is 6.37. The molecule has 0 amide bonds. The number of halogens is 2. The van der Waals surface area contributed by atoms with Crippen LogP contribution in [0.5, 0.6) is 0 Å². The van der Waals surface area contributed by atoms with Gasteiger partial charge in [0.05, 0.1) is 18.0 Å². The van der Waals surface area contributed by atoms with Crippen molar-refractivity contribution in [1.29, 1.82) is 0 Å². The molecule has 0 spiro atoms. The van der Waals surface area contributed by atoms with Crippen molar-refractivity contribution < 1.29 is 23.0 Å². The first-order chi connectivity index (χ1) is 15.5. The van der Waals surface area contributed by atoms with Crippen molar-refractivity contribution in [3.05, 3.63) is 47.7 Å². The number of aromatic nitrogens is 1. The zero-order valence-electron chi connectivity index (χ0n) is 18.7. The molecule has 32 heavy (non-hydrogen) atoms. The van der Waals surface area contributed by atoms with E-state index in [9.17, 15) is 4.79 Å². The van der Waals surface area contributed by atoms with Gasteiger partial charge in [-0.3, -0.25) is 9.78 Å². The van der Waals surface area contributed by atoms with Crippen molar-refractivity contribution in [3.8, 4) is 11.3 Å². The minimum absolute atomic E-state index is 0.00719. The van der Waals surface area contributed by atoms with Gasteiger partial charge in [0.2, 0.25) is 0 Å². The molecule has 172 valence electrons. The lowest BCUT2D eigenvalue weighted by Crippen LogP contribution is -2.35. The number of pyridine rings is 1. The molecule has 2 heterocycles. The summed E-state index contributed by atoms with van der Waals surface area (Å²) < 4.78 is 40.7. The molecule has 4 rings (SSSR count). The first kappa shape index (κ1) is 22.6. The SMILES string of the molecule is CCOC(=O)CC1CCN(c2c(F)cc(-c3cccc(C(OC)C4CC4)n3)cc2F)CC1. The first-order valence-electron chi connectivity index (χ1n) is 11.4. The molecular formula is C25H30F2N2O3. The van der Waals surface area contributed by atoms with Crippen LogP contribution in [0.4, 0.5) is 14.5 Å². The van der Waals surface area contributed by atoms with Crippen LogP contribution in [0.15, 0.2) is 30.3 Å². The zero-order valence-corrected chi connectivity index (χ0v) is 18.7. The number of carbonyl (C=O) groups is 1. The molecule has 1 unspecified atom stereocenters. The van der Waals surface area contributed by atoms with E-state index < -0.39 is 11.6 Å². The molecule has 1 atom stereocenters. The third kappa shape index (κ3) is 5.09. The van der Waals surface area contributed by atoms with E-state index in [1.807, 2.05) is 12.1 Å². The fourth-order valence-corrected chi connectivity index (χ4v) is 4.56. The summed E-state index contributed by atoms with van der Waals surface area (Å²) in [5.74, 6) is -0.754. The van der Waals surface area contributed by atoms with Crippen LogP contribution in [0.1, 0.15) is 50.8 Å². The van der Waals surface area contributed by atoms with Gasteiger partial charge in [0.15, 0.2) is 0 Å². The zero-order chi connectivity index (χ0) is 22.7. The number of anilines is 1. The quantitative estimate of drug-likeness (QED) is 0.518. The number of benzene rings is 1. The first-order valence-corrected chi connectivity index (χ1v) is 11.4. The lowest BCUT2D eigenvalue weighted by atomic mass is 9.93. The molecule has 0 N–H and O–H groups in total. The van der Waals surface area contributed by atoms with E-state index in [1.165, 1.54) is 12.1 Å². The Kier molecular flexibility index (Phi) is 7.04. The Labute approximate surface area is 187 Å². The molecule has 2 fully saturated rings. The normalized spacial score (nSPS) is 17.9. The van der Waals surface area contributed by atoms with Gasteiger partial charge in [-0.2, -0.15) is 0 Å².